The van der Waals surface area contributed by atoms with E-state index in [4.69, 9.17) is 23.2 Å². The largest absolute Gasteiger partial charge is 0.344 e. The Morgan fingerprint density at radius 2 is 2.19 bits per heavy atom. The Morgan fingerprint density at radius 3 is 2.81 bits per heavy atom. The molecule has 0 aliphatic carbocycles. The molecule has 1 unspecified atom stereocenters. The number of halogens is 2. The van der Waals surface area contributed by atoms with E-state index in [1.54, 1.807) is 11.9 Å². The molecule has 0 spiro atoms. The van der Waals surface area contributed by atoms with Crippen LogP contribution < -0.4 is 0 Å². The lowest BCUT2D eigenvalue weighted by molar-refractivity contribution is -0.132. The highest BCUT2D eigenvalue weighted by Gasteiger charge is 2.23. The first-order valence-corrected chi connectivity index (χ1v) is 7.88. The fourth-order valence-electron chi connectivity index (χ4n) is 2.40. The number of rotatable bonds is 5. The predicted molar refractivity (Wildman–Crippen MR) is 87.2 cm³/mol. The lowest BCUT2D eigenvalue weighted by Gasteiger charge is -2.22. The Kier molecular flexibility index (Phi) is 5.12. The van der Waals surface area contributed by atoms with Crippen LogP contribution in [0.5, 0.6) is 0 Å². The van der Waals surface area contributed by atoms with Crippen LogP contribution in [0, 0.1) is 0 Å². The number of imidazole rings is 1. The van der Waals surface area contributed by atoms with Crippen molar-refractivity contribution < 1.29 is 4.79 Å². The van der Waals surface area contributed by atoms with E-state index in [-0.39, 0.29) is 11.9 Å². The van der Waals surface area contributed by atoms with E-state index in [2.05, 4.69) is 4.98 Å². The van der Waals surface area contributed by atoms with Crippen molar-refractivity contribution >= 4 is 40.1 Å². The Morgan fingerprint density at radius 1 is 1.48 bits per heavy atom. The zero-order valence-electron chi connectivity index (χ0n) is 12.4. The van der Waals surface area contributed by atoms with Gasteiger partial charge in [0.1, 0.15) is 11.9 Å². The van der Waals surface area contributed by atoms with Gasteiger partial charge in [-0.05, 0) is 32.0 Å². The number of aryl methyl sites for hydroxylation is 1. The molecule has 0 radical (unpaired) electrons. The van der Waals surface area contributed by atoms with Gasteiger partial charge in [-0.15, -0.1) is 11.6 Å². The summed E-state index contributed by atoms with van der Waals surface area (Å²) in [7, 11) is 1.80. The van der Waals surface area contributed by atoms with Crippen LogP contribution in [0.3, 0.4) is 0 Å². The van der Waals surface area contributed by atoms with Crippen molar-refractivity contribution in [2.75, 3.05) is 19.5 Å². The van der Waals surface area contributed by atoms with Gasteiger partial charge in [-0.2, -0.15) is 0 Å². The summed E-state index contributed by atoms with van der Waals surface area (Å²) in [5.74, 6) is 1.33. The van der Waals surface area contributed by atoms with Gasteiger partial charge in [0.25, 0.3) is 0 Å². The molecule has 0 N–H and O–H groups in total. The molecule has 4 nitrogen and oxygen atoms in total. The third-order valence-corrected chi connectivity index (χ3v) is 4.06. The van der Waals surface area contributed by atoms with Gasteiger partial charge >= 0.3 is 0 Å². The smallest absolute Gasteiger partial charge is 0.245 e. The van der Waals surface area contributed by atoms with Gasteiger partial charge in [0.2, 0.25) is 5.91 Å². The normalized spacial score (nSPS) is 12.6. The summed E-state index contributed by atoms with van der Waals surface area (Å²) in [5.41, 5.74) is 1.70. The minimum atomic E-state index is -0.320. The molecule has 1 aromatic heterocycles. The van der Waals surface area contributed by atoms with Crippen molar-refractivity contribution in [2.45, 2.75) is 26.3 Å². The quantitative estimate of drug-likeness (QED) is 0.788. The van der Waals surface area contributed by atoms with Gasteiger partial charge in [-0.1, -0.05) is 11.6 Å². The van der Waals surface area contributed by atoms with Crippen molar-refractivity contribution in [1.82, 2.24) is 14.5 Å². The lowest BCUT2D eigenvalue weighted by Crippen LogP contribution is -2.33. The van der Waals surface area contributed by atoms with Crippen LogP contribution in [0.15, 0.2) is 18.2 Å². The van der Waals surface area contributed by atoms with Crippen LogP contribution in [-0.4, -0.2) is 39.8 Å². The summed E-state index contributed by atoms with van der Waals surface area (Å²) in [4.78, 5) is 18.7. The van der Waals surface area contributed by atoms with Crippen LogP contribution >= 0.6 is 23.2 Å². The van der Waals surface area contributed by atoms with E-state index in [1.807, 2.05) is 36.6 Å². The fourth-order valence-corrected chi connectivity index (χ4v) is 2.74. The maximum Gasteiger partial charge on any atom is 0.245 e. The van der Waals surface area contributed by atoms with Crippen molar-refractivity contribution in [3.05, 3.63) is 29.0 Å². The minimum absolute atomic E-state index is 0.0579. The summed E-state index contributed by atoms with van der Waals surface area (Å²) in [6.45, 7) is 4.52. The molecule has 6 heteroatoms. The van der Waals surface area contributed by atoms with E-state index >= 15 is 0 Å². The summed E-state index contributed by atoms with van der Waals surface area (Å²) in [6.07, 6.45) is 0.612. The van der Waals surface area contributed by atoms with E-state index in [0.29, 0.717) is 23.9 Å². The summed E-state index contributed by atoms with van der Waals surface area (Å²) in [6, 6.07) is 5.20. The average molecular weight is 328 g/mol. The number of carbonyl (C=O) groups excluding carboxylic acids is 1. The molecule has 0 saturated heterocycles. The van der Waals surface area contributed by atoms with Gasteiger partial charge in [0.05, 0.1) is 11.0 Å². The van der Waals surface area contributed by atoms with Crippen LogP contribution in [0.2, 0.25) is 5.02 Å². The van der Waals surface area contributed by atoms with E-state index in [1.165, 1.54) is 0 Å². The molecule has 0 bridgehead atoms. The maximum atomic E-state index is 12.5. The molecular weight excluding hydrogens is 309 g/mol. The molecule has 0 saturated carbocycles. The van der Waals surface area contributed by atoms with E-state index < -0.39 is 0 Å². The van der Waals surface area contributed by atoms with Gasteiger partial charge in [-0.3, -0.25) is 4.79 Å². The number of nitrogens with zero attached hydrogens (tertiary/aromatic N) is 3. The van der Waals surface area contributed by atoms with Crippen LogP contribution in [-0.2, 0) is 11.2 Å². The Balaban J connectivity index is 2.54. The third-order valence-electron chi connectivity index (χ3n) is 3.64. The summed E-state index contributed by atoms with van der Waals surface area (Å²) in [5, 5.41) is 0.634. The first-order valence-electron chi connectivity index (χ1n) is 6.96. The second-order valence-electron chi connectivity index (χ2n) is 5.00. The molecule has 114 valence electrons. The van der Waals surface area contributed by atoms with Gasteiger partial charge in [0.15, 0.2) is 0 Å². The average Bonchev–Trinajstić information content (AvgIpc) is 2.82. The predicted octanol–water partition coefficient (Wildman–Crippen LogP) is 3.51. The van der Waals surface area contributed by atoms with Crippen LogP contribution in [0.4, 0.5) is 0 Å². The summed E-state index contributed by atoms with van der Waals surface area (Å²) >= 11 is 11.9. The second-order valence-corrected chi connectivity index (χ2v) is 5.81. The molecule has 1 aromatic carbocycles. The number of hydrogen-bond acceptors (Lipinski definition) is 2. The molecule has 0 aliphatic heterocycles. The third kappa shape index (κ3) is 3.16. The Labute approximate surface area is 134 Å². The van der Waals surface area contributed by atoms with E-state index in [0.717, 1.165) is 16.9 Å². The molecule has 0 aliphatic rings. The monoisotopic (exact) mass is 327 g/mol. The molecule has 2 aromatic rings. The van der Waals surface area contributed by atoms with Crippen molar-refractivity contribution in [2.24, 2.45) is 0 Å². The second kappa shape index (κ2) is 6.67. The molecular formula is C15H19Cl2N3O. The number of likely N-dealkylation sites (N-methyl/N-ethyl adjacent to an activating group) is 1. The van der Waals surface area contributed by atoms with E-state index in [9.17, 15) is 4.79 Å². The van der Waals surface area contributed by atoms with Crippen LogP contribution in [0.25, 0.3) is 11.0 Å². The molecule has 1 atom stereocenters. The topological polar surface area (TPSA) is 38.1 Å². The number of benzene rings is 1. The van der Waals surface area contributed by atoms with Crippen molar-refractivity contribution in [3.8, 4) is 0 Å². The van der Waals surface area contributed by atoms with Crippen LogP contribution in [0.1, 0.15) is 25.7 Å². The fraction of sp³-hybridized carbons (Fsp3) is 0.467. The van der Waals surface area contributed by atoms with Gasteiger partial charge in [-0.25, -0.2) is 4.98 Å². The minimum Gasteiger partial charge on any atom is -0.344 e. The highest BCUT2D eigenvalue weighted by atomic mass is 35.5. The molecule has 1 heterocycles. The zero-order chi connectivity index (χ0) is 15.6. The number of aromatic nitrogens is 2. The number of amides is 1. The number of carbonyl (C=O) groups is 1. The highest BCUT2D eigenvalue weighted by Crippen LogP contribution is 2.25. The standard InChI is InChI=1S/C15H19Cl2N3O/c1-4-19(3)15(21)10(2)20-13-6-5-11(17)9-12(13)18-14(20)7-8-16/h5-6,9-10H,4,7-8H2,1-3H3. The Bertz CT molecular complexity index is 654. The van der Waals surface area contributed by atoms with Crippen molar-refractivity contribution in [3.63, 3.8) is 0 Å². The first kappa shape index (κ1) is 16.1. The van der Waals surface area contributed by atoms with Crippen molar-refractivity contribution in [1.29, 1.82) is 0 Å². The molecule has 2 rings (SSSR count). The number of hydrogen-bond donors (Lipinski definition) is 0. The SMILES string of the molecule is CCN(C)C(=O)C(C)n1c(CCCl)nc2cc(Cl)ccc21. The first-order chi connectivity index (χ1) is 9.99. The summed E-state index contributed by atoms with van der Waals surface area (Å²) < 4.78 is 1.96. The number of alkyl halides is 1. The highest BCUT2D eigenvalue weighted by molar-refractivity contribution is 6.31. The maximum absolute atomic E-state index is 12.5. The lowest BCUT2D eigenvalue weighted by atomic mass is 10.2. The zero-order valence-corrected chi connectivity index (χ0v) is 13.9. The molecule has 0 fully saturated rings. The molecule has 1 amide bonds. The van der Waals surface area contributed by atoms with Gasteiger partial charge < -0.3 is 9.47 Å². The molecule has 21 heavy (non-hydrogen) atoms. The Hall–Kier alpha value is -1.26. The number of fused-ring (bicyclic) bond motifs is 1. The van der Waals surface area contributed by atoms with Gasteiger partial charge in [0, 0.05) is 30.9 Å².